The first-order valence-electron chi connectivity index (χ1n) is 9.17. The van der Waals surface area contributed by atoms with Crippen LogP contribution < -0.4 is 4.74 Å². The van der Waals surface area contributed by atoms with E-state index in [1.807, 2.05) is 25.1 Å². The predicted molar refractivity (Wildman–Crippen MR) is 107 cm³/mol. The van der Waals surface area contributed by atoms with Crippen molar-refractivity contribution in [2.45, 2.75) is 6.04 Å². The molecule has 2 aromatic carbocycles. The third kappa shape index (κ3) is 4.00. The molecule has 0 aromatic heterocycles. The molecule has 0 aliphatic carbocycles. The van der Waals surface area contributed by atoms with Crippen LogP contribution in [-0.2, 0) is 9.59 Å². The predicted octanol–water partition coefficient (Wildman–Crippen LogP) is 2.82. The van der Waals surface area contributed by atoms with Crippen LogP contribution in [0.3, 0.4) is 0 Å². The number of hydrogen-bond donors (Lipinski definition) is 1. The molecule has 0 saturated carbocycles. The zero-order valence-electron chi connectivity index (χ0n) is 16.6. The summed E-state index contributed by atoms with van der Waals surface area (Å²) < 4.78 is 19.1. The molecule has 2 aromatic rings. The van der Waals surface area contributed by atoms with Crippen molar-refractivity contribution in [3.05, 3.63) is 71.0 Å². The van der Waals surface area contributed by atoms with Gasteiger partial charge in [-0.3, -0.25) is 9.59 Å². The molecular formula is C22H23FN2O4. The van der Waals surface area contributed by atoms with E-state index < -0.39 is 29.3 Å². The molecule has 1 saturated heterocycles. The van der Waals surface area contributed by atoms with Gasteiger partial charge in [0.15, 0.2) is 0 Å². The Morgan fingerprint density at radius 3 is 2.48 bits per heavy atom. The van der Waals surface area contributed by atoms with Crippen LogP contribution in [0, 0.1) is 5.82 Å². The van der Waals surface area contributed by atoms with Crippen LogP contribution in [-0.4, -0.2) is 60.9 Å². The summed E-state index contributed by atoms with van der Waals surface area (Å²) in [6, 6.07) is 11.9. The van der Waals surface area contributed by atoms with Crippen LogP contribution in [0.2, 0.25) is 0 Å². The summed E-state index contributed by atoms with van der Waals surface area (Å²) in [5, 5.41) is 11.0. The highest BCUT2D eigenvalue weighted by atomic mass is 19.1. The molecule has 0 radical (unpaired) electrons. The molecule has 6 nitrogen and oxygen atoms in total. The smallest absolute Gasteiger partial charge is 0.295 e. The topological polar surface area (TPSA) is 70.1 Å². The van der Waals surface area contributed by atoms with Crippen molar-refractivity contribution >= 4 is 17.4 Å². The Morgan fingerprint density at radius 2 is 1.86 bits per heavy atom. The Hall–Kier alpha value is -3.19. The largest absolute Gasteiger partial charge is 0.507 e. The molecule has 1 fully saturated rings. The van der Waals surface area contributed by atoms with Gasteiger partial charge in [0.05, 0.1) is 24.3 Å². The molecule has 1 aliphatic rings. The molecule has 29 heavy (non-hydrogen) atoms. The molecule has 1 unspecified atom stereocenters. The zero-order valence-corrected chi connectivity index (χ0v) is 16.6. The van der Waals surface area contributed by atoms with Crippen LogP contribution in [0.1, 0.15) is 17.2 Å². The lowest BCUT2D eigenvalue weighted by molar-refractivity contribution is -0.140. The number of aliphatic hydroxyl groups excluding tert-OH is 1. The first-order valence-corrected chi connectivity index (χ1v) is 9.17. The molecule has 0 bridgehead atoms. The van der Waals surface area contributed by atoms with E-state index in [1.54, 1.807) is 24.3 Å². The maximum Gasteiger partial charge on any atom is 0.295 e. The van der Waals surface area contributed by atoms with Gasteiger partial charge in [-0.1, -0.05) is 30.3 Å². The van der Waals surface area contributed by atoms with E-state index in [2.05, 4.69) is 0 Å². The van der Waals surface area contributed by atoms with Crippen LogP contribution in [0.4, 0.5) is 4.39 Å². The van der Waals surface area contributed by atoms with Gasteiger partial charge in [-0.05, 0) is 37.9 Å². The van der Waals surface area contributed by atoms with E-state index in [4.69, 9.17) is 4.74 Å². The van der Waals surface area contributed by atoms with E-state index in [1.165, 1.54) is 24.1 Å². The molecule has 1 N–H and O–H groups in total. The summed E-state index contributed by atoms with van der Waals surface area (Å²) >= 11 is 0. The van der Waals surface area contributed by atoms with Crippen molar-refractivity contribution in [1.29, 1.82) is 0 Å². The van der Waals surface area contributed by atoms with Gasteiger partial charge in [0.25, 0.3) is 11.7 Å². The molecular weight excluding hydrogens is 375 g/mol. The second kappa shape index (κ2) is 8.45. The number of carbonyl (C=O) groups is 2. The van der Waals surface area contributed by atoms with Crippen LogP contribution in [0.15, 0.2) is 54.1 Å². The van der Waals surface area contributed by atoms with Crippen LogP contribution in [0.25, 0.3) is 5.76 Å². The third-order valence-electron chi connectivity index (χ3n) is 4.86. The van der Waals surface area contributed by atoms with Gasteiger partial charge in [0.1, 0.15) is 17.3 Å². The summed E-state index contributed by atoms with van der Waals surface area (Å²) in [5.74, 6) is -2.35. The summed E-state index contributed by atoms with van der Waals surface area (Å²) in [5.41, 5.74) is 0.630. The Balaban J connectivity index is 2.19. The highest BCUT2D eigenvalue weighted by Crippen LogP contribution is 2.40. The molecule has 152 valence electrons. The second-order valence-electron chi connectivity index (χ2n) is 7.05. The van der Waals surface area contributed by atoms with Crippen molar-refractivity contribution < 1.29 is 23.8 Å². The van der Waals surface area contributed by atoms with E-state index >= 15 is 0 Å². The first kappa shape index (κ1) is 20.5. The van der Waals surface area contributed by atoms with E-state index in [0.717, 1.165) is 6.07 Å². The number of likely N-dealkylation sites (N-methyl/N-ethyl adjacent to an activating group) is 1. The Kier molecular flexibility index (Phi) is 5.98. The lowest BCUT2D eigenvalue weighted by atomic mass is 9.95. The van der Waals surface area contributed by atoms with E-state index in [-0.39, 0.29) is 16.9 Å². The summed E-state index contributed by atoms with van der Waals surface area (Å²) in [7, 11) is 5.12. The standard InChI is InChI=1S/C22H23FN2O4/c1-24(2)11-12-25-19(14-7-5-4-6-8-14)18(21(27)22(25)28)20(26)16-13-15(23)9-10-17(16)29-3/h4-10,13,19,26H,11-12H2,1-3H3. The lowest BCUT2D eigenvalue weighted by Gasteiger charge is -2.26. The number of likely N-dealkylation sites (tertiary alicyclic amines) is 1. The van der Waals surface area contributed by atoms with Gasteiger partial charge >= 0.3 is 0 Å². The highest BCUT2D eigenvalue weighted by Gasteiger charge is 2.46. The number of hydrogen-bond acceptors (Lipinski definition) is 5. The first-order chi connectivity index (χ1) is 13.8. The minimum absolute atomic E-state index is 0.0269. The number of halogens is 1. The fourth-order valence-electron chi connectivity index (χ4n) is 3.41. The van der Waals surface area contributed by atoms with E-state index in [0.29, 0.717) is 18.7 Å². The van der Waals surface area contributed by atoms with Gasteiger partial charge < -0.3 is 19.6 Å². The van der Waals surface area contributed by atoms with Gasteiger partial charge in [0.2, 0.25) is 0 Å². The van der Waals surface area contributed by atoms with E-state index in [9.17, 15) is 19.1 Å². The quantitative estimate of drug-likeness (QED) is 0.460. The van der Waals surface area contributed by atoms with Crippen molar-refractivity contribution in [2.24, 2.45) is 0 Å². The fraction of sp³-hybridized carbons (Fsp3) is 0.273. The molecule has 3 rings (SSSR count). The number of amides is 1. The summed E-state index contributed by atoms with van der Waals surface area (Å²) in [4.78, 5) is 29.0. The van der Waals surface area contributed by atoms with Crippen molar-refractivity contribution in [1.82, 2.24) is 9.80 Å². The average molecular weight is 398 g/mol. The number of methoxy groups -OCH3 is 1. The van der Waals surface area contributed by atoms with Crippen LogP contribution in [0.5, 0.6) is 5.75 Å². The third-order valence-corrected chi connectivity index (χ3v) is 4.86. The highest BCUT2D eigenvalue weighted by molar-refractivity contribution is 6.46. The second-order valence-corrected chi connectivity index (χ2v) is 7.05. The number of ether oxygens (including phenoxy) is 1. The van der Waals surface area contributed by atoms with Crippen molar-refractivity contribution in [2.75, 3.05) is 34.3 Å². The Morgan fingerprint density at radius 1 is 1.17 bits per heavy atom. The number of aliphatic hydroxyl groups is 1. The maximum atomic E-state index is 13.9. The molecule has 1 aliphatic heterocycles. The Labute approximate surface area is 168 Å². The lowest BCUT2D eigenvalue weighted by Crippen LogP contribution is -2.35. The minimum atomic E-state index is -0.804. The average Bonchev–Trinajstić information content (AvgIpc) is 2.97. The fourth-order valence-corrected chi connectivity index (χ4v) is 3.41. The monoisotopic (exact) mass is 398 g/mol. The molecule has 1 heterocycles. The normalized spacial score (nSPS) is 18.5. The van der Waals surface area contributed by atoms with Gasteiger partial charge in [-0.25, -0.2) is 4.39 Å². The van der Waals surface area contributed by atoms with Crippen molar-refractivity contribution in [3.63, 3.8) is 0 Å². The van der Waals surface area contributed by atoms with Crippen LogP contribution >= 0.6 is 0 Å². The molecule has 1 atom stereocenters. The van der Waals surface area contributed by atoms with Gasteiger partial charge in [-0.15, -0.1) is 0 Å². The maximum absolute atomic E-state index is 13.9. The molecule has 1 amide bonds. The summed E-state index contributed by atoms with van der Waals surface area (Å²) in [6.07, 6.45) is 0. The number of ketones is 1. The SMILES string of the molecule is COc1ccc(F)cc1C(O)=C1C(=O)C(=O)N(CCN(C)C)C1c1ccccc1. The molecule has 7 heteroatoms. The number of nitrogens with zero attached hydrogens (tertiary/aromatic N) is 2. The number of benzene rings is 2. The molecule has 0 spiro atoms. The number of carbonyl (C=O) groups excluding carboxylic acids is 2. The minimum Gasteiger partial charge on any atom is -0.507 e. The van der Waals surface area contributed by atoms with Crippen molar-refractivity contribution in [3.8, 4) is 5.75 Å². The number of Topliss-reactive ketones (excluding diaryl/α,β-unsaturated/α-hetero) is 1. The zero-order chi connectivity index (χ0) is 21.1. The Bertz CT molecular complexity index is 957. The van der Waals surface area contributed by atoms with Gasteiger partial charge in [0, 0.05) is 13.1 Å². The number of rotatable bonds is 6. The van der Waals surface area contributed by atoms with Gasteiger partial charge in [-0.2, -0.15) is 0 Å². The summed E-state index contributed by atoms with van der Waals surface area (Å²) in [6.45, 7) is 0.841.